The van der Waals surface area contributed by atoms with Gasteiger partial charge in [-0.3, -0.25) is 0 Å². The maximum Gasteiger partial charge on any atom is -0.0162 e. The highest BCUT2D eigenvalue weighted by atomic mass is 14.3. The van der Waals surface area contributed by atoms with Crippen molar-refractivity contribution in [2.75, 3.05) is 0 Å². The van der Waals surface area contributed by atoms with E-state index < -0.39 is 0 Å². The molecule has 0 bridgehead atoms. The second kappa shape index (κ2) is 13.3. The van der Waals surface area contributed by atoms with Gasteiger partial charge in [0.15, 0.2) is 0 Å². The standard InChI is InChI=1S/C34H48/c1-3-5-6-7-8-9-10-28-13-17-30(18-14-28)32-21-25-34(26-22-32)33-23-19-31(20-24-33)29-15-11-27(4-2)12-16-29/h15,19-28,30H,3-14,16-18H2,1-2H3/t27?,28-,30-. The molecule has 0 saturated heterocycles. The summed E-state index contributed by atoms with van der Waals surface area (Å²) in [6.45, 7) is 4.63. The van der Waals surface area contributed by atoms with Gasteiger partial charge in [0, 0.05) is 0 Å². The van der Waals surface area contributed by atoms with E-state index in [9.17, 15) is 0 Å². The lowest BCUT2D eigenvalue weighted by Gasteiger charge is -2.29. The van der Waals surface area contributed by atoms with E-state index in [4.69, 9.17) is 0 Å². The van der Waals surface area contributed by atoms with Crippen LogP contribution in [0, 0.1) is 11.8 Å². The van der Waals surface area contributed by atoms with Crippen molar-refractivity contribution in [2.24, 2.45) is 11.8 Å². The molecule has 0 heteroatoms. The number of benzene rings is 2. The highest BCUT2D eigenvalue weighted by molar-refractivity contribution is 5.71. The van der Waals surface area contributed by atoms with Gasteiger partial charge in [0.1, 0.15) is 0 Å². The Morgan fingerprint density at radius 3 is 1.85 bits per heavy atom. The van der Waals surface area contributed by atoms with E-state index in [1.165, 1.54) is 113 Å². The molecule has 1 unspecified atom stereocenters. The van der Waals surface area contributed by atoms with Crippen LogP contribution < -0.4 is 0 Å². The van der Waals surface area contributed by atoms with E-state index in [1.807, 2.05) is 0 Å². The highest BCUT2D eigenvalue weighted by Gasteiger charge is 2.22. The summed E-state index contributed by atoms with van der Waals surface area (Å²) < 4.78 is 0. The van der Waals surface area contributed by atoms with Crippen molar-refractivity contribution in [2.45, 2.75) is 116 Å². The molecule has 0 heterocycles. The second-order valence-electron chi connectivity index (χ2n) is 11.3. The van der Waals surface area contributed by atoms with Crippen molar-refractivity contribution in [1.82, 2.24) is 0 Å². The largest absolute Gasteiger partial charge is 0.0804 e. The first-order valence-corrected chi connectivity index (χ1v) is 14.7. The van der Waals surface area contributed by atoms with Crippen molar-refractivity contribution in [3.05, 3.63) is 65.7 Å². The average molecular weight is 457 g/mol. The van der Waals surface area contributed by atoms with Gasteiger partial charge >= 0.3 is 0 Å². The topological polar surface area (TPSA) is 0 Å². The number of rotatable bonds is 11. The van der Waals surface area contributed by atoms with E-state index in [1.54, 1.807) is 11.1 Å². The Kier molecular flexibility index (Phi) is 9.90. The molecule has 1 saturated carbocycles. The molecule has 4 rings (SSSR count). The summed E-state index contributed by atoms with van der Waals surface area (Å²) in [6, 6.07) is 18.9. The van der Waals surface area contributed by atoms with Gasteiger partial charge in [-0.1, -0.05) is 120 Å². The Hall–Kier alpha value is -1.82. The van der Waals surface area contributed by atoms with Crippen LogP contribution in [0.1, 0.15) is 127 Å². The molecule has 0 amide bonds. The van der Waals surface area contributed by atoms with Crippen LogP contribution in [0.3, 0.4) is 0 Å². The van der Waals surface area contributed by atoms with E-state index >= 15 is 0 Å². The Balaban J connectivity index is 1.24. The maximum absolute atomic E-state index is 2.49. The molecule has 2 aliphatic rings. The minimum Gasteiger partial charge on any atom is -0.0804 e. The summed E-state index contributed by atoms with van der Waals surface area (Å²) in [7, 11) is 0. The van der Waals surface area contributed by atoms with Crippen LogP contribution in [0.15, 0.2) is 54.6 Å². The monoisotopic (exact) mass is 456 g/mol. The van der Waals surface area contributed by atoms with Crippen LogP contribution in [-0.4, -0.2) is 0 Å². The zero-order valence-electron chi connectivity index (χ0n) is 22.0. The van der Waals surface area contributed by atoms with Crippen LogP contribution in [0.25, 0.3) is 16.7 Å². The second-order valence-corrected chi connectivity index (χ2v) is 11.3. The molecule has 0 nitrogen and oxygen atoms in total. The summed E-state index contributed by atoms with van der Waals surface area (Å²) in [5.74, 6) is 2.67. The van der Waals surface area contributed by atoms with E-state index in [2.05, 4.69) is 68.5 Å². The summed E-state index contributed by atoms with van der Waals surface area (Å²) >= 11 is 0. The van der Waals surface area contributed by atoms with Gasteiger partial charge in [-0.15, -0.1) is 0 Å². The first-order valence-electron chi connectivity index (χ1n) is 14.7. The lowest BCUT2D eigenvalue weighted by atomic mass is 9.77. The van der Waals surface area contributed by atoms with Crippen molar-refractivity contribution >= 4 is 5.57 Å². The third-order valence-electron chi connectivity index (χ3n) is 8.88. The number of allylic oxidation sites excluding steroid dienone is 2. The van der Waals surface area contributed by atoms with Gasteiger partial charge < -0.3 is 0 Å². The first-order chi connectivity index (χ1) is 16.8. The molecule has 2 aliphatic carbocycles. The quantitative estimate of drug-likeness (QED) is 0.295. The Morgan fingerprint density at radius 2 is 1.24 bits per heavy atom. The minimum atomic E-state index is 0.780. The summed E-state index contributed by atoms with van der Waals surface area (Å²) in [5, 5.41) is 0. The Labute approximate surface area is 210 Å². The summed E-state index contributed by atoms with van der Waals surface area (Å²) in [5.41, 5.74) is 7.25. The maximum atomic E-state index is 2.49. The molecule has 34 heavy (non-hydrogen) atoms. The number of hydrogen-bond acceptors (Lipinski definition) is 0. The normalized spacial score (nSPS) is 23.0. The molecule has 2 aromatic rings. The third-order valence-corrected chi connectivity index (χ3v) is 8.88. The van der Waals surface area contributed by atoms with Gasteiger partial charge in [0.2, 0.25) is 0 Å². The fourth-order valence-corrected chi connectivity index (χ4v) is 6.34. The average Bonchev–Trinajstić information content (AvgIpc) is 2.91. The van der Waals surface area contributed by atoms with E-state index in [0.717, 1.165) is 17.8 Å². The van der Waals surface area contributed by atoms with E-state index in [0.29, 0.717) is 0 Å². The lowest BCUT2D eigenvalue weighted by Crippen LogP contribution is -2.13. The lowest BCUT2D eigenvalue weighted by molar-refractivity contribution is 0.302. The summed E-state index contributed by atoms with van der Waals surface area (Å²) in [6.07, 6.45) is 23.4. The fourth-order valence-electron chi connectivity index (χ4n) is 6.34. The molecule has 0 spiro atoms. The third kappa shape index (κ3) is 7.10. The molecular weight excluding hydrogens is 408 g/mol. The van der Waals surface area contributed by atoms with Gasteiger partial charge in [0.05, 0.1) is 0 Å². The van der Waals surface area contributed by atoms with Gasteiger partial charge in [-0.25, -0.2) is 0 Å². The number of unbranched alkanes of at least 4 members (excludes halogenated alkanes) is 5. The molecular formula is C34H48. The van der Waals surface area contributed by atoms with Crippen molar-refractivity contribution in [1.29, 1.82) is 0 Å². The van der Waals surface area contributed by atoms with Crippen LogP contribution in [-0.2, 0) is 0 Å². The Morgan fingerprint density at radius 1 is 0.618 bits per heavy atom. The smallest absolute Gasteiger partial charge is 0.0162 e. The molecule has 2 aromatic carbocycles. The SMILES string of the molecule is CCCCCCCC[C@H]1CC[C@H](c2ccc(-c3ccc(C4=CCC(CC)CC4)cc3)cc2)CC1. The predicted molar refractivity (Wildman–Crippen MR) is 150 cm³/mol. The van der Waals surface area contributed by atoms with Gasteiger partial charge in [-0.05, 0) is 90.5 Å². The van der Waals surface area contributed by atoms with Crippen molar-refractivity contribution in [3.8, 4) is 11.1 Å². The van der Waals surface area contributed by atoms with E-state index in [-0.39, 0.29) is 0 Å². The molecule has 0 radical (unpaired) electrons. The fraction of sp³-hybridized carbons (Fsp3) is 0.588. The van der Waals surface area contributed by atoms with Crippen LogP contribution in [0.5, 0.6) is 0 Å². The molecule has 0 N–H and O–H groups in total. The van der Waals surface area contributed by atoms with Crippen LogP contribution >= 0.6 is 0 Å². The predicted octanol–water partition coefficient (Wildman–Crippen LogP) is 11.0. The molecule has 184 valence electrons. The van der Waals surface area contributed by atoms with Crippen molar-refractivity contribution < 1.29 is 0 Å². The van der Waals surface area contributed by atoms with Crippen LogP contribution in [0.4, 0.5) is 0 Å². The Bertz CT molecular complexity index is 861. The van der Waals surface area contributed by atoms with Crippen LogP contribution in [0.2, 0.25) is 0 Å². The highest BCUT2D eigenvalue weighted by Crippen LogP contribution is 2.38. The molecule has 1 fully saturated rings. The molecule has 1 atom stereocenters. The van der Waals surface area contributed by atoms with Crippen molar-refractivity contribution in [3.63, 3.8) is 0 Å². The first kappa shape index (κ1) is 25.3. The van der Waals surface area contributed by atoms with Gasteiger partial charge in [0.25, 0.3) is 0 Å². The molecule has 0 aliphatic heterocycles. The van der Waals surface area contributed by atoms with Gasteiger partial charge in [-0.2, -0.15) is 0 Å². The number of hydrogen-bond donors (Lipinski definition) is 0. The zero-order valence-corrected chi connectivity index (χ0v) is 22.0. The molecule has 0 aromatic heterocycles. The minimum absolute atomic E-state index is 0.780. The zero-order chi connectivity index (χ0) is 23.6. The summed E-state index contributed by atoms with van der Waals surface area (Å²) in [4.78, 5) is 0.